The van der Waals surface area contributed by atoms with Crippen LogP contribution in [0.4, 0.5) is 13.2 Å². The van der Waals surface area contributed by atoms with Gasteiger partial charge in [0.05, 0.1) is 5.56 Å². The summed E-state index contributed by atoms with van der Waals surface area (Å²) in [5.74, 6) is -0.783. The smallest absolute Gasteiger partial charge is 0.416 e. The molecule has 4 rings (SSSR count). The molecule has 1 aromatic heterocycles. The predicted molar refractivity (Wildman–Crippen MR) is 114 cm³/mol. The lowest BCUT2D eigenvalue weighted by Gasteiger charge is -2.21. The van der Waals surface area contributed by atoms with E-state index in [0.29, 0.717) is 35.1 Å². The van der Waals surface area contributed by atoms with Crippen LogP contribution in [-0.4, -0.2) is 33.0 Å². The lowest BCUT2D eigenvalue weighted by atomic mass is 10.0. The monoisotopic (exact) mass is 444 g/mol. The van der Waals surface area contributed by atoms with E-state index in [9.17, 15) is 27.9 Å². The van der Waals surface area contributed by atoms with Crippen LogP contribution in [-0.2, 0) is 28.9 Å². The number of carboxylic acids is 1. The lowest BCUT2D eigenvalue weighted by Crippen LogP contribution is -2.31. The van der Waals surface area contributed by atoms with Crippen molar-refractivity contribution in [2.75, 3.05) is 6.54 Å². The molecule has 0 atom stereocenters. The molecule has 1 amide bonds. The summed E-state index contributed by atoms with van der Waals surface area (Å²) in [5.41, 5.74) is 1.77. The van der Waals surface area contributed by atoms with Crippen LogP contribution in [0, 0.1) is 5.92 Å². The SMILES string of the molecule is CCN(Cc1ccc(-c2cn(CC(=O)O)c3ccc(C(F)(F)F)cc23)cc1)C(=O)C1CC1. The summed E-state index contributed by atoms with van der Waals surface area (Å²) in [4.78, 5) is 25.4. The molecular weight excluding hydrogens is 421 g/mol. The molecule has 8 heteroatoms. The molecule has 2 aromatic carbocycles. The summed E-state index contributed by atoms with van der Waals surface area (Å²) in [5, 5.41) is 9.53. The van der Waals surface area contributed by atoms with Gasteiger partial charge in [-0.2, -0.15) is 13.2 Å². The fourth-order valence-electron chi connectivity index (χ4n) is 3.92. The molecular formula is C24H23F3N2O3. The molecule has 0 unspecified atom stereocenters. The molecule has 1 saturated carbocycles. The van der Waals surface area contributed by atoms with Crippen LogP contribution in [0.25, 0.3) is 22.0 Å². The molecule has 168 valence electrons. The zero-order valence-electron chi connectivity index (χ0n) is 17.5. The molecule has 5 nitrogen and oxygen atoms in total. The number of aromatic nitrogens is 1. The third kappa shape index (κ3) is 4.49. The first-order valence-corrected chi connectivity index (χ1v) is 10.5. The number of carbonyl (C=O) groups is 2. The zero-order chi connectivity index (χ0) is 23.0. The first-order valence-electron chi connectivity index (χ1n) is 10.5. The van der Waals surface area contributed by atoms with E-state index in [1.807, 2.05) is 19.1 Å². The van der Waals surface area contributed by atoms with E-state index in [0.717, 1.165) is 30.5 Å². The Hall–Kier alpha value is -3.29. The quantitative estimate of drug-likeness (QED) is 0.547. The van der Waals surface area contributed by atoms with Gasteiger partial charge in [-0.05, 0) is 49.1 Å². The maximum absolute atomic E-state index is 13.3. The van der Waals surface area contributed by atoms with Crippen molar-refractivity contribution in [2.45, 2.75) is 39.0 Å². The van der Waals surface area contributed by atoms with E-state index < -0.39 is 17.7 Å². The number of hydrogen-bond donors (Lipinski definition) is 1. The van der Waals surface area contributed by atoms with E-state index in [1.54, 1.807) is 23.2 Å². The molecule has 3 aromatic rings. The van der Waals surface area contributed by atoms with Crippen LogP contribution in [0.2, 0.25) is 0 Å². The van der Waals surface area contributed by atoms with Gasteiger partial charge in [-0.1, -0.05) is 24.3 Å². The number of hydrogen-bond acceptors (Lipinski definition) is 2. The molecule has 0 spiro atoms. The van der Waals surface area contributed by atoms with E-state index >= 15 is 0 Å². The van der Waals surface area contributed by atoms with Gasteiger partial charge in [-0.25, -0.2) is 0 Å². The topological polar surface area (TPSA) is 62.5 Å². The fourth-order valence-corrected chi connectivity index (χ4v) is 3.92. The Labute approximate surface area is 183 Å². The van der Waals surface area contributed by atoms with E-state index in [2.05, 4.69) is 0 Å². The first kappa shape index (κ1) is 21.9. The third-order valence-corrected chi connectivity index (χ3v) is 5.77. The van der Waals surface area contributed by atoms with Crippen molar-refractivity contribution in [1.82, 2.24) is 9.47 Å². The third-order valence-electron chi connectivity index (χ3n) is 5.77. The number of fused-ring (bicyclic) bond motifs is 1. The molecule has 32 heavy (non-hydrogen) atoms. The molecule has 1 N–H and O–H groups in total. The second kappa shape index (κ2) is 8.33. The highest BCUT2D eigenvalue weighted by Crippen LogP contribution is 2.37. The molecule has 0 saturated heterocycles. The molecule has 1 heterocycles. The standard InChI is InChI=1S/C24H23F3N2O3/c1-2-28(23(32)17-7-8-17)12-15-3-5-16(6-4-15)20-13-29(14-22(30)31)21-10-9-18(11-19(20)21)24(25,26)27/h3-6,9-11,13,17H,2,7-8,12,14H2,1H3,(H,30,31). The zero-order valence-corrected chi connectivity index (χ0v) is 17.5. The minimum Gasteiger partial charge on any atom is -0.480 e. The van der Waals surface area contributed by atoms with Crippen molar-refractivity contribution in [3.8, 4) is 11.1 Å². The first-order chi connectivity index (χ1) is 15.2. The van der Waals surface area contributed by atoms with Gasteiger partial charge in [-0.3, -0.25) is 9.59 Å². The summed E-state index contributed by atoms with van der Waals surface area (Å²) in [6.07, 6.45) is -1.05. The Bertz CT molecular complexity index is 1160. The van der Waals surface area contributed by atoms with Crippen LogP contribution in [0.5, 0.6) is 0 Å². The van der Waals surface area contributed by atoms with Gasteiger partial charge in [0.15, 0.2) is 0 Å². The Morgan fingerprint density at radius 2 is 1.81 bits per heavy atom. The second-order valence-corrected chi connectivity index (χ2v) is 8.12. The minimum absolute atomic E-state index is 0.136. The van der Waals surface area contributed by atoms with Crippen LogP contribution >= 0.6 is 0 Å². The number of carbonyl (C=O) groups excluding carboxylic acids is 1. The Kier molecular flexibility index (Phi) is 5.71. The second-order valence-electron chi connectivity index (χ2n) is 8.12. The van der Waals surface area contributed by atoms with E-state index in [-0.39, 0.29) is 18.4 Å². The van der Waals surface area contributed by atoms with Gasteiger partial charge in [0.1, 0.15) is 6.54 Å². The highest BCUT2D eigenvalue weighted by molar-refractivity contribution is 5.97. The van der Waals surface area contributed by atoms with Crippen LogP contribution in [0.1, 0.15) is 30.9 Å². The van der Waals surface area contributed by atoms with Crippen molar-refractivity contribution < 1.29 is 27.9 Å². The fraction of sp³-hybridized carbons (Fsp3) is 0.333. The van der Waals surface area contributed by atoms with Gasteiger partial charge in [0.25, 0.3) is 0 Å². The average molecular weight is 444 g/mol. The lowest BCUT2D eigenvalue weighted by molar-refractivity contribution is -0.138. The van der Waals surface area contributed by atoms with Gasteiger partial charge < -0.3 is 14.6 Å². The van der Waals surface area contributed by atoms with Gasteiger partial charge in [0.2, 0.25) is 5.91 Å². The van der Waals surface area contributed by atoms with Crippen LogP contribution in [0.15, 0.2) is 48.7 Å². The van der Waals surface area contributed by atoms with Gasteiger partial charge >= 0.3 is 12.1 Å². The number of carboxylic acid groups (broad SMARTS) is 1. The summed E-state index contributed by atoms with van der Waals surface area (Å²) in [6.45, 7) is 2.67. The molecule has 1 aliphatic carbocycles. The number of benzene rings is 2. The number of aliphatic carboxylic acids is 1. The van der Waals surface area contributed by atoms with Crippen molar-refractivity contribution in [3.05, 3.63) is 59.8 Å². The number of amides is 1. The maximum atomic E-state index is 13.3. The van der Waals surface area contributed by atoms with E-state index in [1.165, 1.54) is 10.6 Å². The number of halogens is 3. The molecule has 0 aliphatic heterocycles. The summed E-state index contributed by atoms with van der Waals surface area (Å²) in [6, 6.07) is 10.6. The number of nitrogens with zero attached hydrogens (tertiary/aromatic N) is 2. The van der Waals surface area contributed by atoms with Crippen molar-refractivity contribution in [3.63, 3.8) is 0 Å². The van der Waals surface area contributed by atoms with Crippen molar-refractivity contribution >= 4 is 22.8 Å². The Morgan fingerprint density at radius 1 is 1.12 bits per heavy atom. The van der Waals surface area contributed by atoms with Gasteiger partial charge in [0, 0.05) is 41.7 Å². The minimum atomic E-state index is -4.50. The number of rotatable bonds is 7. The highest BCUT2D eigenvalue weighted by atomic mass is 19.4. The number of alkyl halides is 3. The van der Waals surface area contributed by atoms with Gasteiger partial charge in [-0.15, -0.1) is 0 Å². The average Bonchev–Trinajstić information content (AvgIpc) is 3.54. The van der Waals surface area contributed by atoms with Crippen molar-refractivity contribution in [2.24, 2.45) is 5.92 Å². The Morgan fingerprint density at radius 3 is 2.38 bits per heavy atom. The molecule has 0 radical (unpaired) electrons. The normalized spacial score (nSPS) is 14.0. The van der Waals surface area contributed by atoms with E-state index in [4.69, 9.17) is 0 Å². The molecule has 1 fully saturated rings. The van der Waals surface area contributed by atoms with Crippen molar-refractivity contribution in [1.29, 1.82) is 0 Å². The van der Waals surface area contributed by atoms with Crippen LogP contribution in [0.3, 0.4) is 0 Å². The largest absolute Gasteiger partial charge is 0.480 e. The maximum Gasteiger partial charge on any atom is 0.416 e. The molecule has 0 bridgehead atoms. The highest BCUT2D eigenvalue weighted by Gasteiger charge is 2.33. The summed E-state index contributed by atoms with van der Waals surface area (Å²) >= 11 is 0. The molecule has 1 aliphatic rings. The summed E-state index contributed by atoms with van der Waals surface area (Å²) < 4.78 is 41.2. The van der Waals surface area contributed by atoms with Crippen LogP contribution < -0.4 is 0 Å². The summed E-state index contributed by atoms with van der Waals surface area (Å²) in [7, 11) is 0. The predicted octanol–water partition coefficient (Wildman–Crippen LogP) is 5.17. The Balaban J connectivity index is 1.68.